The lowest BCUT2D eigenvalue weighted by Crippen LogP contribution is -2.22. The van der Waals surface area contributed by atoms with Gasteiger partial charge in [0.2, 0.25) is 11.2 Å². The van der Waals surface area contributed by atoms with Crippen molar-refractivity contribution in [3.63, 3.8) is 0 Å². The summed E-state index contributed by atoms with van der Waals surface area (Å²) in [6.07, 6.45) is 2.78. The number of aryl methyl sites for hydroxylation is 1. The van der Waals surface area contributed by atoms with Crippen molar-refractivity contribution in [2.45, 2.75) is 10.9 Å². The zero-order valence-corrected chi connectivity index (χ0v) is 17.4. The van der Waals surface area contributed by atoms with Crippen LogP contribution in [-0.4, -0.2) is 41.5 Å². The quantitative estimate of drug-likeness (QED) is 0.507. The van der Waals surface area contributed by atoms with Crippen LogP contribution in [-0.2, 0) is 17.6 Å². The summed E-state index contributed by atoms with van der Waals surface area (Å²) in [4.78, 5) is 24.3. The Labute approximate surface area is 176 Å². The van der Waals surface area contributed by atoms with Crippen LogP contribution in [0.5, 0.6) is 17.2 Å². The predicted molar refractivity (Wildman–Crippen MR) is 109 cm³/mol. The maximum Gasteiger partial charge on any atom is 0.262 e. The number of hydrogen-bond donors (Lipinski definition) is 1. The molecule has 0 radical (unpaired) electrons. The molecule has 3 aromatic rings. The Kier molecular flexibility index (Phi) is 6.96. The van der Waals surface area contributed by atoms with Crippen LogP contribution >= 0.6 is 11.8 Å². The van der Waals surface area contributed by atoms with Gasteiger partial charge < -0.3 is 28.5 Å². The molecule has 0 saturated heterocycles. The van der Waals surface area contributed by atoms with Gasteiger partial charge in [-0.2, -0.15) is 0 Å². The Bertz CT molecular complexity index is 1080. The summed E-state index contributed by atoms with van der Waals surface area (Å²) in [7, 11) is 4.85. The van der Waals surface area contributed by atoms with Gasteiger partial charge in [0.1, 0.15) is 18.4 Å². The number of methoxy groups -OCH3 is 2. The largest absolute Gasteiger partial charge is 0.493 e. The van der Waals surface area contributed by atoms with Crippen molar-refractivity contribution >= 4 is 23.4 Å². The molecule has 0 aliphatic rings. The van der Waals surface area contributed by atoms with Crippen LogP contribution in [0, 0.1) is 0 Å². The number of benzene rings is 1. The van der Waals surface area contributed by atoms with Gasteiger partial charge in [-0.3, -0.25) is 9.59 Å². The summed E-state index contributed by atoms with van der Waals surface area (Å²) in [5.41, 5.74) is 0.123. The van der Waals surface area contributed by atoms with E-state index in [1.165, 1.54) is 38.3 Å². The number of carbonyl (C=O) groups is 1. The maximum absolute atomic E-state index is 12.2. The van der Waals surface area contributed by atoms with E-state index >= 15 is 0 Å². The van der Waals surface area contributed by atoms with Crippen molar-refractivity contribution in [2.75, 3.05) is 26.1 Å². The first-order valence-corrected chi connectivity index (χ1v) is 9.72. The summed E-state index contributed by atoms with van der Waals surface area (Å²) in [5.74, 6) is 1.39. The molecule has 3 rings (SSSR count). The fraction of sp³-hybridized carbons (Fsp3) is 0.263. The van der Waals surface area contributed by atoms with Crippen LogP contribution in [0.15, 0.2) is 51.2 Å². The first-order chi connectivity index (χ1) is 14.5. The molecule has 0 bridgehead atoms. The van der Waals surface area contributed by atoms with Gasteiger partial charge in [0, 0.05) is 24.9 Å². The average Bonchev–Trinajstić information content (AvgIpc) is 3.16. The molecule has 2 heterocycles. The lowest BCUT2D eigenvalue weighted by Gasteiger charge is -2.11. The highest BCUT2D eigenvalue weighted by Crippen LogP contribution is 2.29. The number of aromatic nitrogens is 3. The van der Waals surface area contributed by atoms with E-state index in [4.69, 9.17) is 18.6 Å². The molecule has 1 N–H and O–H groups in total. The monoisotopic (exact) mass is 432 g/mol. The van der Waals surface area contributed by atoms with Crippen molar-refractivity contribution in [2.24, 2.45) is 7.05 Å². The Balaban J connectivity index is 1.54. The summed E-state index contributed by atoms with van der Waals surface area (Å²) >= 11 is 1.38. The summed E-state index contributed by atoms with van der Waals surface area (Å²) in [5, 5.41) is 11.1. The van der Waals surface area contributed by atoms with E-state index < -0.39 is 5.91 Å². The molecule has 0 atom stereocenters. The molecule has 1 aromatic carbocycles. The second kappa shape index (κ2) is 9.83. The average molecular weight is 432 g/mol. The third kappa shape index (κ3) is 5.32. The van der Waals surface area contributed by atoms with Gasteiger partial charge in [-0.25, -0.2) is 0 Å². The van der Waals surface area contributed by atoms with Gasteiger partial charge in [0.05, 0.1) is 20.0 Å². The van der Waals surface area contributed by atoms with Crippen LogP contribution in [0.3, 0.4) is 0 Å². The number of thioether (sulfide) groups is 1. The van der Waals surface area contributed by atoms with Gasteiger partial charge in [0.25, 0.3) is 5.91 Å². The smallest absolute Gasteiger partial charge is 0.262 e. The Morgan fingerprint density at radius 1 is 1.20 bits per heavy atom. The predicted octanol–water partition coefficient (Wildman–Crippen LogP) is 2.10. The third-order valence-corrected chi connectivity index (χ3v) is 4.95. The van der Waals surface area contributed by atoms with Crippen molar-refractivity contribution < 1.29 is 23.4 Å². The highest BCUT2D eigenvalue weighted by Gasteiger charge is 2.11. The molecule has 1 amide bonds. The molecule has 11 heteroatoms. The molecule has 30 heavy (non-hydrogen) atoms. The number of rotatable bonds is 9. The van der Waals surface area contributed by atoms with Crippen molar-refractivity contribution in [3.8, 4) is 17.2 Å². The second-order valence-electron chi connectivity index (χ2n) is 5.99. The molecule has 0 aliphatic heterocycles. The molecule has 0 unspecified atom stereocenters. The summed E-state index contributed by atoms with van der Waals surface area (Å²) < 4.78 is 22.8. The second-order valence-corrected chi connectivity index (χ2v) is 6.94. The zero-order chi connectivity index (χ0) is 21.5. The number of carbonyl (C=O) groups excluding carboxylic acids is 1. The number of hydrogen-bond acceptors (Lipinski definition) is 9. The zero-order valence-electron chi connectivity index (χ0n) is 16.6. The Morgan fingerprint density at radius 2 is 2.00 bits per heavy atom. The normalized spacial score (nSPS) is 10.5. The van der Waals surface area contributed by atoms with E-state index in [0.717, 1.165) is 0 Å². The number of anilines is 1. The van der Waals surface area contributed by atoms with Gasteiger partial charge in [-0.15, -0.1) is 10.2 Å². The van der Waals surface area contributed by atoms with Crippen molar-refractivity contribution in [1.29, 1.82) is 0 Å². The Hall–Kier alpha value is -3.47. The summed E-state index contributed by atoms with van der Waals surface area (Å²) in [6, 6.07) is 6.28. The fourth-order valence-electron chi connectivity index (χ4n) is 2.41. The first-order valence-electron chi connectivity index (χ1n) is 8.73. The number of amides is 1. The van der Waals surface area contributed by atoms with Gasteiger partial charge in [-0.1, -0.05) is 11.8 Å². The minimum Gasteiger partial charge on any atom is -0.493 e. The van der Waals surface area contributed by atoms with Crippen LogP contribution in [0.1, 0.15) is 5.76 Å². The molecule has 158 valence electrons. The molecule has 0 fully saturated rings. The lowest BCUT2D eigenvalue weighted by atomic mass is 10.2. The van der Waals surface area contributed by atoms with E-state index in [1.807, 2.05) is 7.05 Å². The highest BCUT2D eigenvalue weighted by atomic mass is 32.2. The molecule has 0 spiro atoms. The lowest BCUT2D eigenvalue weighted by molar-refractivity contribution is -0.118. The van der Waals surface area contributed by atoms with Crippen LogP contribution < -0.4 is 25.0 Å². The molecular weight excluding hydrogens is 412 g/mol. The van der Waals surface area contributed by atoms with Gasteiger partial charge >= 0.3 is 0 Å². The van der Waals surface area contributed by atoms with Crippen LogP contribution in [0.25, 0.3) is 0 Å². The van der Waals surface area contributed by atoms with Gasteiger partial charge in [-0.05, 0) is 12.1 Å². The highest BCUT2D eigenvalue weighted by molar-refractivity contribution is 7.98. The van der Waals surface area contributed by atoms with E-state index in [2.05, 4.69) is 15.5 Å². The molecular formula is C19H20N4O6S. The molecule has 2 aromatic heterocycles. The summed E-state index contributed by atoms with van der Waals surface area (Å²) in [6.45, 7) is -0.355. The van der Waals surface area contributed by atoms with E-state index in [1.54, 1.807) is 29.1 Å². The Morgan fingerprint density at radius 3 is 2.67 bits per heavy atom. The molecule has 10 nitrogen and oxygen atoms in total. The van der Waals surface area contributed by atoms with E-state index in [9.17, 15) is 9.59 Å². The minimum absolute atomic E-state index is 0.0510. The minimum atomic E-state index is -0.441. The maximum atomic E-state index is 12.2. The van der Waals surface area contributed by atoms with Crippen LogP contribution in [0.4, 0.5) is 5.69 Å². The number of nitrogens with zero attached hydrogens (tertiary/aromatic N) is 3. The van der Waals surface area contributed by atoms with Crippen molar-refractivity contribution in [3.05, 3.63) is 52.8 Å². The number of ether oxygens (including phenoxy) is 3. The SMILES string of the molecule is COc1ccc(NC(=O)COc2coc(CSc3nncn3C)cc2=O)cc1OC. The number of nitrogens with one attached hydrogen (secondary N) is 1. The van der Waals surface area contributed by atoms with E-state index in [-0.39, 0.29) is 17.8 Å². The van der Waals surface area contributed by atoms with Crippen molar-refractivity contribution in [1.82, 2.24) is 14.8 Å². The topological polar surface area (TPSA) is 118 Å². The molecule has 0 aliphatic carbocycles. The van der Waals surface area contributed by atoms with Crippen LogP contribution in [0.2, 0.25) is 0 Å². The standard InChI is InChI=1S/C19H20N4O6S/c1-23-11-20-22-19(23)30-10-13-7-14(24)17(8-28-13)29-9-18(25)21-12-4-5-15(26-2)16(6-12)27-3/h4-8,11H,9-10H2,1-3H3,(H,21,25). The van der Waals surface area contributed by atoms with Gasteiger partial charge in [0.15, 0.2) is 23.3 Å². The molecule has 0 saturated carbocycles. The van der Waals surface area contributed by atoms with E-state index in [0.29, 0.717) is 33.9 Å². The fourth-order valence-corrected chi connectivity index (χ4v) is 3.19. The first kappa shape index (κ1) is 21.2. The third-order valence-electron chi connectivity index (χ3n) is 3.89.